The van der Waals surface area contributed by atoms with E-state index in [9.17, 15) is 0 Å². The van der Waals surface area contributed by atoms with Gasteiger partial charge in [0.1, 0.15) is 11.2 Å². The summed E-state index contributed by atoms with van der Waals surface area (Å²) in [6, 6.07) is 44.6. The van der Waals surface area contributed by atoms with Crippen LogP contribution in [0, 0.1) is 0 Å². The largest absolute Gasteiger partial charge is 0.454 e. The summed E-state index contributed by atoms with van der Waals surface area (Å²) in [4.78, 5) is 10.8. The number of hydrogen-bond acceptors (Lipinski definition) is 5. The van der Waals surface area contributed by atoms with E-state index >= 15 is 0 Å². The molecule has 9 aromatic rings. The predicted octanol–water partition coefficient (Wildman–Crippen LogP) is 11.1. The molecule has 0 fully saturated rings. The quantitative estimate of drug-likeness (QED) is 0.203. The highest BCUT2D eigenvalue weighted by Crippen LogP contribution is 2.44. The summed E-state index contributed by atoms with van der Waals surface area (Å²) >= 11 is 0. The molecule has 0 aliphatic heterocycles. The maximum atomic E-state index is 6.29. The Morgan fingerprint density at radius 3 is 1.82 bits per heavy atom. The topological polar surface area (TPSA) is 55.3 Å². The van der Waals surface area contributed by atoms with E-state index < -0.39 is 0 Å². The molecule has 0 N–H and O–H groups in total. The van der Waals surface area contributed by atoms with Gasteiger partial charge in [-0.15, -0.1) is 0 Å². The molecule has 0 saturated heterocycles. The number of nitrogens with zero attached hydrogens (tertiary/aromatic N) is 3. The first-order chi connectivity index (χ1) is 22.3. The summed E-state index contributed by atoms with van der Waals surface area (Å²) in [5, 5.41) is 4.18. The number of furan rings is 2. The fourth-order valence-corrected chi connectivity index (χ4v) is 6.33. The van der Waals surface area contributed by atoms with Crippen LogP contribution in [0.5, 0.6) is 0 Å². The van der Waals surface area contributed by atoms with Crippen molar-refractivity contribution in [2.24, 2.45) is 0 Å². The van der Waals surface area contributed by atoms with Crippen molar-refractivity contribution in [3.8, 4) is 22.3 Å². The van der Waals surface area contributed by atoms with Gasteiger partial charge in [-0.1, -0.05) is 72.8 Å². The fourth-order valence-electron chi connectivity index (χ4n) is 6.33. The van der Waals surface area contributed by atoms with Crippen molar-refractivity contribution in [3.05, 3.63) is 152 Å². The lowest BCUT2D eigenvalue weighted by molar-refractivity contribution is 0.666. The number of hydrogen-bond donors (Lipinski definition) is 0. The molecule has 0 aliphatic carbocycles. The zero-order chi connectivity index (χ0) is 29.7. The molecule has 0 saturated carbocycles. The third kappa shape index (κ3) is 4.25. The maximum Gasteiger partial charge on any atom is 0.153 e. The minimum Gasteiger partial charge on any atom is -0.454 e. The first kappa shape index (κ1) is 25.3. The van der Waals surface area contributed by atoms with Crippen LogP contribution >= 0.6 is 0 Å². The summed E-state index contributed by atoms with van der Waals surface area (Å²) < 4.78 is 12.4. The Kier molecular flexibility index (Phi) is 5.74. The third-order valence-corrected chi connectivity index (χ3v) is 8.48. The van der Waals surface area contributed by atoms with Crippen LogP contribution in [0.4, 0.5) is 17.1 Å². The summed E-state index contributed by atoms with van der Waals surface area (Å²) in [5.74, 6) is 0. The number of pyridine rings is 2. The standard InChI is InChI=1S/C40H25N3O2/c1-2-6-26(7-3-1)27-10-12-28(13-11-27)31-8-4-5-9-36(31)43(29-15-17-37-35(22-29)34-19-21-42-25-40(34)44-37)30-14-16-32-33-18-20-41-24-39(33)45-38(32)23-30/h1-25H. The van der Waals surface area contributed by atoms with Gasteiger partial charge in [0.15, 0.2) is 11.2 Å². The normalized spacial score (nSPS) is 11.6. The molecule has 0 aliphatic rings. The van der Waals surface area contributed by atoms with Crippen molar-refractivity contribution in [1.29, 1.82) is 0 Å². The van der Waals surface area contributed by atoms with E-state index in [1.54, 1.807) is 24.8 Å². The summed E-state index contributed by atoms with van der Waals surface area (Å²) in [6.45, 7) is 0. The third-order valence-electron chi connectivity index (χ3n) is 8.48. The van der Waals surface area contributed by atoms with Gasteiger partial charge in [-0.2, -0.15) is 0 Å². The van der Waals surface area contributed by atoms with Crippen molar-refractivity contribution >= 4 is 60.9 Å². The van der Waals surface area contributed by atoms with Crippen molar-refractivity contribution in [2.45, 2.75) is 0 Å². The number of fused-ring (bicyclic) bond motifs is 6. The molecular formula is C40H25N3O2. The first-order valence-corrected chi connectivity index (χ1v) is 14.9. The Morgan fingerprint density at radius 1 is 0.422 bits per heavy atom. The van der Waals surface area contributed by atoms with Gasteiger partial charge < -0.3 is 13.7 Å². The van der Waals surface area contributed by atoms with E-state index in [-0.39, 0.29) is 0 Å². The van der Waals surface area contributed by atoms with Crippen LogP contribution in [-0.4, -0.2) is 9.97 Å². The van der Waals surface area contributed by atoms with Crippen LogP contribution in [0.25, 0.3) is 66.1 Å². The molecule has 5 heteroatoms. The molecule has 5 nitrogen and oxygen atoms in total. The Morgan fingerprint density at radius 2 is 1.02 bits per heavy atom. The van der Waals surface area contributed by atoms with Gasteiger partial charge in [0.25, 0.3) is 0 Å². The number of rotatable bonds is 5. The molecule has 9 rings (SSSR count). The van der Waals surface area contributed by atoms with Crippen LogP contribution in [0.1, 0.15) is 0 Å². The van der Waals surface area contributed by atoms with Gasteiger partial charge >= 0.3 is 0 Å². The van der Waals surface area contributed by atoms with E-state index in [0.717, 1.165) is 72.1 Å². The van der Waals surface area contributed by atoms with Gasteiger partial charge in [-0.05, 0) is 65.2 Å². The molecule has 5 aromatic carbocycles. The Balaban J connectivity index is 1.25. The predicted molar refractivity (Wildman–Crippen MR) is 182 cm³/mol. The lowest BCUT2D eigenvalue weighted by atomic mass is 9.98. The number of anilines is 3. The lowest BCUT2D eigenvalue weighted by Gasteiger charge is -2.28. The summed E-state index contributed by atoms with van der Waals surface area (Å²) in [6.07, 6.45) is 7.15. The first-order valence-electron chi connectivity index (χ1n) is 14.9. The fraction of sp³-hybridized carbons (Fsp3) is 0. The minimum atomic E-state index is 0.771. The van der Waals surface area contributed by atoms with Crippen molar-refractivity contribution in [3.63, 3.8) is 0 Å². The van der Waals surface area contributed by atoms with Gasteiger partial charge in [-0.25, -0.2) is 0 Å². The second-order valence-electron chi connectivity index (χ2n) is 11.1. The van der Waals surface area contributed by atoms with Crippen molar-refractivity contribution in [2.75, 3.05) is 4.90 Å². The molecule has 45 heavy (non-hydrogen) atoms. The van der Waals surface area contributed by atoms with Gasteiger partial charge in [0, 0.05) is 56.9 Å². The molecule has 212 valence electrons. The highest BCUT2D eigenvalue weighted by atomic mass is 16.3. The highest BCUT2D eigenvalue weighted by molar-refractivity contribution is 6.08. The molecule has 0 radical (unpaired) electrons. The number of benzene rings is 5. The number of aromatic nitrogens is 2. The Hall–Kier alpha value is -6.20. The van der Waals surface area contributed by atoms with Crippen LogP contribution in [-0.2, 0) is 0 Å². The Labute approximate surface area is 258 Å². The average molecular weight is 580 g/mol. The van der Waals surface area contributed by atoms with Crippen molar-refractivity contribution in [1.82, 2.24) is 9.97 Å². The van der Waals surface area contributed by atoms with Crippen LogP contribution in [0.3, 0.4) is 0 Å². The van der Waals surface area contributed by atoms with E-state index in [1.807, 2.05) is 24.3 Å². The second kappa shape index (κ2) is 10.2. The highest BCUT2D eigenvalue weighted by Gasteiger charge is 2.20. The zero-order valence-corrected chi connectivity index (χ0v) is 24.1. The SMILES string of the molecule is c1ccc(-c2ccc(-c3ccccc3N(c3ccc4c(c3)oc3cnccc34)c3ccc4oc5cnccc5c4c3)cc2)cc1. The average Bonchev–Trinajstić information content (AvgIpc) is 3.67. The van der Waals surface area contributed by atoms with Crippen LogP contribution < -0.4 is 4.90 Å². The van der Waals surface area contributed by atoms with Gasteiger partial charge in [0.05, 0.1) is 18.1 Å². The summed E-state index contributed by atoms with van der Waals surface area (Å²) in [5.41, 5.74) is 10.9. The van der Waals surface area contributed by atoms with Crippen LogP contribution in [0.2, 0.25) is 0 Å². The zero-order valence-electron chi connectivity index (χ0n) is 24.1. The molecule has 0 atom stereocenters. The number of para-hydroxylation sites is 1. The summed E-state index contributed by atoms with van der Waals surface area (Å²) in [7, 11) is 0. The molecular weight excluding hydrogens is 554 g/mol. The molecule has 4 heterocycles. The smallest absolute Gasteiger partial charge is 0.153 e. The monoisotopic (exact) mass is 579 g/mol. The molecule has 0 spiro atoms. The second-order valence-corrected chi connectivity index (χ2v) is 11.1. The van der Waals surface area contributed by atoms with E-state index in [2.05, 4.69) is 118 Å². The van der Waals surface area contributed by atoms with E-state index in [4.69, 9.17) is 8.83 Å². The molecule has 0 amide bonds. The van der Waals surface area contributed by atoms with Crippen LogP contribution in [0.15, 0.2) is 161 Å². The van der Waals surface area contributed by atoms with E-state index in [1.165, 1.54) is 11.1 Å². The van der Waals surface area contributed by atoms with Crippen molar-refractivity contribution < 1.29 is 8.83 Å². The van der Waals surface area contributed by atoms with Gasteiger partial charge in [0.2, 0.25) is 0 Å². The molecule has 0 unspecified atom stereocenters. The molecule has 0 bridgehead atoms. The van der Waals surface area contributed by atoms with E-state index in [0.29, 0.717) is 0 Å². The lowest BCUT2D eigenvalue weighted by Crippen LogP contribution is -2.11. The Bertz CT molecular complexity index is 2490. The maximum absolute atomic E-state index is 6.29. The minimum absolute atomic E-state index is 0.771. The molecule has 4 aromatic heterocycles. The van der Waals surface area contributed by atoms with Gasteiger partial charge in [-0.3, -0.25) is 9.97 Å².